The fourth-order valence-electron chi connectivity index (χ4n) is 6.92. The summed E-state index contributed by atoms with van der Waals surface area (Å²) in [5.41, 5.74) is -1.22. The molecule has 1 aromatic carbocycles. The largest absolute Gasteiger partial charge is 0.395 e. The quantitative estimate of drug-likeness (QED) is 0.401. The van der Waals surface area contributed by atoms with Crippen LogP contribution in [-0.4, -0.2) is 82.7 Å². The van der Waals surface area contributed by atoms with Crippen LogP contribution in [0.3, 0.4) is 0 Å². The van der Waals surface area contributed by atoms with Gasteiger partial charge in [0.2, 0.25) is 17.7 Å². The van der Waals surface area contributed by atoms with E-state index in [9.17, 15) is 19.5 Å². The Morgan fingerprint density at radius 1 is 1.13 bits per heavy atom. The van der Waals surface area contributed by atoms with Gasteiger partial charge in [-0.1, -0.05) is 50.6 Å². The van der Waals surface area contributed by atoms with Crippen LogP contribution in [-0.2, 0) is 19.1 Å². The maximum atomic E-state index is 14.4. The Balaban J connectivity index is 1.79. The molecule has 8 heteroatoms. The first-order valence-electron chi connectivity index (χ1n) is 13.8. The summed E-state index contributed by atoms with van der Waals surface area (Å²) in [6, 6.07) is 8.48. The van der Waals surface area contributed by atoms with Gasteiger partial charge in [-0.25, -0.2) is 0 Å². The molecule has 0 aliphatic carbocycles. The van der Waals surface area contributed by atoms with Crippen molar-refractivity contribution in [1.29, 1.82) is 0 Å². The van der Waals surface area contributed by atoms with Crippen molar-refractivity contribution in [3.8, 4) is 0 Å². The number of carbonyl (C=O) groups is 3. The lowest BCUT2D eigenvalue weighted by Gasteiger charge is -2.37. The molecule has 2 bridgehead atoms. The van der Waals surface area contributed by atoms with Gasteiger partial charge in [0.15, 0.2) is 0 Å². The molecule has 3 aliphatic rings. The second-order valence-electron chi connectivity index (χ2n) is 10.6. The van der Waals surface area contributed by atoms with E-state index in [4.69, 9.17) is 4.74 Å². The molecule has 38 heavy (non-hydrogen) atoms. The zero-order valence-corrected chi connectivity index (χ0v) is 22.7. The van der Waals surface area contributed by atoms with Gasteiger partial charge in [0, 0.05) is 31.9 Å². The fourth-order valence-corrected chi connectivity index (χ4v) is 6.92. The first-order valence-corrected chi connectivity index (χ1v) is 13.8. The van der Waals surface area contributed by atoms with Gasteiger partial charge in [-0.3, -0.25) is 14.4 Å². The summed E-state index contributed by atoms with van der Waals surface area (Å²) >= 11 is 0. The minimum Gasteiger partial charge on any atom is -0.395 e. The second-order valence-corrected chi connectivity index (χ2v) is 10.6. The summed E-state index contributed by atoms with van der Waals surface area (Å²) in [7, 11) is 0. The first kappa shape index (κ1) is 28.0. The average molecular weight is 524 g/mol. The predicted molar refractivity (Wildman–Crippen MR) is 146 cm³/mol. The van der Waals surface area contributed by atoms with Crippen LogP contribution in [0.5, 0.6) is 0 Å². The molecule has 3 saturated heterocycles. The average Bonchev–Trinajstić information content (AvgIpc) is 3.53. The van der Waals surface area contributed by atoms with Gasteiger partial charge >= 0.3 is 0 Å². The van der Waals surface area contributed by atoms with E-state index in [1.165, 1.54) is 4.90 Å². The molecule has 2 unspecified atom stereocenters. The van der Waals surface area contributed by atoms with Crippen molar-refractivity contribution in [1.82, 2.24) is 9.80 Å². The van der Waals surface area contributed by atoms with E-state index in [2.05, 4.69) is 20.1 Å². The van der Waals surface area contributed by atoms with Gasteiger partial charge in [0.25, 0.3) is 0 Å². The summed E-state index contributed by atoms with van der Waals surface area (Å²) < 4.78 is 6.84. The molecule has 3 fully saturated rings. The number of carbonyl (C=O) groups excluding carboxylic acids is 3. The maximum Gasteiger partial charge on any atom is 0.248 e. The van der Waals surface area contributed by atoms with E-state index in [0.29, 0.717) is 38.9 Å². The first-order chi connectivity index (χ1) is 18.4. The number of amides is 3. The van der Waals surface area contributed by atoms with E-state index in [0.717, 1.165) is 18.5 Å². The summed E-state index contributed by atoms with van der Waals surface area (Å²) in [5, 5.41) is 9.87. The van der Waals surface area contributed by atoms with Gasteiger partial charge in [0.1, 0.15) is 11.6 Å². The number of benzene rings is 1. The monoisotopic (exact) mass is 523 g/mol. The Morgan fingerprint density at radius 3 is 2.45 bits per heavy atom. The number of ether oxygens (including phenoxy) is 1. The van der Waals surface area contributed by atoms with Crippen LogP contribution in [0.25, 0.3) is 0 Å². The number of β-amino-alcohol motifs (C(OH)–C–C–N with tert-alkyl or cyclic N) is 1. The molecule has 0 saturated carbocycles. The van der Waals surface area contributed by atoms with Crippen molar-refractivity contribution in [2.75, 3.05) is 37.7 Å². The molecular weight excluding hydrogens is 482 g/mol. The van der Waals surface area contributed by atoms with Crippen molar-refractivity contribution in [3.05, 3.63) is 55.6 Å². The molecule has 1 N–H and O–H groups in total. The van der Waals surface area contributed by atoms with E-state index >= 15 is 0 Å². The highest BCUT2D eigenvalue weighted by Crippen LogP contribution is 2.64. The molecule has 0 aromatic heterocycles. The maximum absolute atomic E-state index is 14.4. The molecular formula is C30H41N3O5. The number of anilines is 1. The van der Waals surface area contributed by atoms with Crippen LogP contribution < -0.4 is 4.90 Å². The van der Waals surface area contributed by atoms with Gasteiger partial charge in [0.05, 0.1) is 24.0 Å². The lowest BCUT2D eigenvalue weighted by molar-refractivity contribution is -0.153. The highest BCUT2D eigenvalue weighted by molar-refractivity contribution is 6.03. The Labute approximate surface area is 225 Å². The SMILES string of the molecule is C=CCN(CCCC)C(=O)C1N(CCO)C(=O)[C@@H]2[C@@H](C(=O)N(CC=C)c3ccccc3)[C@@]3(CC)CCC12O3. The summed E-state index contributed by atoms with van der Waals surface area (Å²) in [6.07, 6.45) is 6.77. The molecule has 206 valence electrons. The van der Waals surface area contributed by atoms with Crippen LogP contribution in [0, 0.1) is 11.8 Å². The van der Waals surface area contributed by atoms with Crippen molar-refractivity contribution < 1.29 is 24.2 Å². The topological polar surface area (TPSA) is 90.4 Å². The number of fused-ring (bicyclic) bond motifs is 1. The van der Waals surface area contributed by atoms with Gasteiger partial charge < -0.3 is 24.5 Å². The molecule has 3 aliphatic heterocycles. The van der Waals surface area contributed by atoms with Gasteiger partial charge in [-0.15, -0.1) is 13.2 Å². The molecule has 8 nitrogen and oxygen atoms in total. The van der Waals surface area contributed by atoms with Crippen LogP contribution in [0.2, 0.25) is 0 Å². The van der Waals surface area contributed by atoms with Crippen molar-refractivity contribution in [2.24, 2.45) is 11.8 Å². The third-order valence-corrected chi connectivity index (χ3v) is 8.61. The molecule has 0 radical (unpaired) electrons. The minimum absolute atomic E-state index is 0.0155. The Bertz CT molecular complexity index is 1060. The molecule has 5 atom stereocenters. The molecule has 3 heterocycles. The number of hydrogen-bond acceptors (Lipinski definition) is 5. The molecule has 3 amide bonds. The molecule has 4 rings (SSSR count). The fraction of sp³-hybridized carbons (Fsp3) is 0.567. The normalized spacial score (nSPS) is 29.3. The van der Waals surface area contributed by atoms with Crippen LogP contribution in [0.1, 0.15) is 46.0 Å². The number of para-hydroxylation sites is 1. The van der Waals surface area contributed by atoms with E-state index < -0.39 is 29.1 Å². The van der Waals surface area contributed by atoms with Crippen LogP contribution in [0.4, 0.5) is 5.69 Å². The van der Waals surface area contributed by atoms with E-state index in [1.54, 1.807) is 22.0 Å². The van der Waals surface area contributed by atoms with Crippen molar-refractivity contribution in [2.45, 2.75) is 63.2 Å². The summed E-state index contributed by atoms with van der Waals surface area (Å²) in [6.45, 7) is 12.6. The van der Waals surface area contributed by atoms with E-state index in [-0.39, 0.29) is 30.9 Å². The van der Waals surface area contributed by atoms with Gasteiger partial charge in [-0.05, 0) is 37.8 Å². The Hall–Kier alpha value is -2.97. The standard InChI is InChI=1S/C30H41N3O5/c1-5-9-19-31(17-6-2)28(37)25-30-16-15-29(8-4,38-30)23(24(30)27(36)33(25)20-21-34)26(35)32(18-7-3)22-13-11-10-12-14-22/h6-7,10-14,23-25,34H,2-3,5,8-9,15-21H2,1,4H3/t23-,24-,25?,29+,30?/m0/s1. The highest BCUT2D eigenvalue weighted by Gasteiger charge is 2.79. The number of nitrogens with zero attached hydrogens (tertiary/aromatic N) is 3. The third kappa shape index (κ3) is 4.37. The number of likely N-dealkylation sites (tertiary alicyclic amines) is 1. The number of aliphatic hydroxyl groups excluding tert-OH is 1. The summed E-state index contributed by atoms with van der Waals surface area (Å²) in [4.78, 5) is 47.5. The third-order valence-electron chi connectivity index (χ3n) is 8.61. The van der Waals surface area contributed by atoms with Crippen LogP contribution >= 0.6 is 0 Å². The minimum atomic E-state index is -1.11. The number of rotatable bonds is 13. The number of aliphatic hydroxyl groups is 1. The highest BCUT2D eigenvalue weighted by atomic mass is 16.5. The second kappa shape index (κ2) is 11.4. The smallest absolute Gasteiger partial charge is 0.248 e. The lowest BCUT2D eigenvalue weighted by Crippen LogP contribution is -2.56. The zero-order valence-electron chi connectivity index (χ0n) is 22.7. The zero-order chi connectivity index (χ0) is 27.5. The Kier molecular flexibility index (Phi) is 8.43. The Morgan fingerprint density at radius 2 is 1.84 bits per heavy atom. The number of unbranched alkanes of at least 4 members (excludes halogenated alkanes) is 1. The van der Waals surface area contributed by atoms with Crippen LogP contribution in [0.15, 0.2) is 55.6 Å². The summed E-state index contributed by atoms with van der Waals surface area (Å²) in [5.74, 6) is -2.21. The molecule has 1 aromatic rings. The van der Waals surface area contributed by atoms with E-state index in [1.807, 2.05) is 37.3 Å². The van der Waals surface area contributed by atoms with Crippen molar-refractivity contribution in [3.63, 3.8) is 0 Å². The number of hydrogen-bond donors (Lipinski definition) is 1. The molecule has 1 spiro atoms. The van der Waals surface area contributed by atoms with Crippen molar-refractivity contribution >= 4 is 23.4 Å². The lowest BCUT2D eigenvalue weighted by atomic mass is 9.64. The predicted octanol–water partition coefficient (Wildman–Crippen LogP) is 3.17. The van der Waals surface area contributed by atoms with Gasteiger partial charge in [-0.2, -0.15) is 0 Å².